The van der Waals surface area contributed by atoms with Gasteiger partial charge in [0.05, 0.1) is 0 Å². The van der Waals surface area contributed by atoms with Gasteiger partial charge in [-0.2, -0.15) is 0 Å². The largest absolute Gasteiger partial charge is 0.328 e. The molecule has 0 aliphatic carbocycles. The summed E-state index contributed by atoms with van der Waals surface area (Å²) in [6.45, 7) is 3.48. The van der Waals surface area contributed by atoms with Gasteiger partial charge in [-0.05, 0) is 18.4 Å². The molecule has 0 radical (unpaired) electrons. The number of piperazine rings is 1. The van der Waals surface area contributed by atoms with Crippen molar-refractivity contribution in [1.29, 1.82) is 0 Å². The first-order valence-electron chi connectivity index (χ1n) is 6.99. The van der Waals surface area contributed by atoms with Crippen molar-refractivity contribution in [3.8, 4) is 0 Å². The second-order valence-corrected chi connectivity index (χ2v) is 9.29. The average molecular weight is 425 g/mol. The van der Waals surface area contributed by atoms with Crippen LogP contribution >= 0.6 is 58.0 Å². The number of alkyl halides is 5. The van der Waals surface area contributed by atoms with Crippen LogP contribution in [-0.2, 0) is 9.59 Å². The fraction of sp³-hybridized carbons (Fsp3) is 0.714. The van der Waals surface area contributed by atoms with Gasteiger partial charge in [0.15, 0.2) is 3.79 Å². The van der Waals surface area contributed by atoms with Crippen LogP contribution in [0.5, 0.6) is 0 Å². The van der Waals surface area contributed by atoms with Crippen LogP contribution in [0, 0.1) is 11.8 Å². The van der Waals surface area contributed by atoms with Gasteiger partial charge in [-0.3, -0.25) is 9.59 Å². The van der Waals surface area contributed by atoms with E-state index in [1.807, 2.05) is 6.92 Å². The maximum Gasteiger partial charge on any atom is 0.270 e. The lowest BCUT2D eigenvalue weighted by Gasteiger charge is -2.39. The lowest BCUT2D eigenvalue weighted by Crippen LogP contribution is -2.56. The van der Waals surface area contributed by atoms with Crippen LogP contribution in [0.15, 0.2) is 11.8 Å². The molecule has 0 N–H and O–H groups in total. The third-order valence-electron chi connectivity index (χ3n) is 3.93. The summed E-state index contributed by atoms with van der Waals surface area (Å²) in [6.07, 6.45) is 1.87. The van der Waals surface area contributed by atoms with E-state index in [0.29, 0.717) is 6.42 Å². The monoisotopic (exact) mass is 422 g/mol. The van der Waals surface area contributed by atoms with Gasteiger partial charge in [0.1, 0.15) is 16.6 Å². The maximum absolute atomic E-state index is 12.6. The Morgan fingerprint density at radius 2 is 1.70 bits per heavy atom. The molecule has 23 heavy (non-hydrogen) atoms. The first-order chi connectivity index (χ1) is 10.4. The number of halogens is 5. The van der Waals surface area contributed by atoms with E-state index in [4.69, 9.17) is 58.0 Å². The van der Waals surface area contributed by atoms with Gasteiger partial charge >= 0.3 is 0 Å². The quantitative estimate of drug-likeness (QED) is 0.505. The van der Waals surface area contributed by atoms with Gasteiger partial charge in [0.25, 0.3) is 5.91 Å². The molecule has 3 atom stereocenters. The van der Waals surface area contributed by atoms with Crippen LogP contribution in [0.4, 0.5) is 0 Å². The molecule has 1 saturated heterocycles. The molecule has 1 aliphatic heterocycles. The van der Waals surface area contributed by atoms with Gasteiger partial charge in [0.2, 0.25) is 5.91 Å². The molecule has 0 unspecified atom stereocenters. The molecule has 4 nitrogen and oxygen atoms in total. The van der Waals surface area contributed by atoms with Crippen molar-refractivity contribution in [2.24, 2.45) is 11.8 Å². The van der Waals surface area contributed by atoms with Gasteiger partial charge in [0, 0.05) is 20.0 Å². The van der Waals surface area contributed by atoms with Gasteiger partial charge in [-0.1, -0.05) is 48.7 Å². The van der Waals surface area contributed by atoms with Crippen molar-refractivity contribution in [3.63, 3.8) is 0 Å². The van der Waals surface area contributed by atoms with Crippen LogP contribution < -0.4 is 0 Å². The number of hydrogen-bond donors (Lipinski definition) is 0. The summed E-state index contributed by atoms with van der Waals surface area (Å²) in [5.74, 6) is -1.22. The maximum atomic E-state index is 12.6. The van der Waals surface area contributed by atoms with E-state index >= 15 is 0 Å². The molecule has 0 aromatic heterocycles. The molecule has 132 valence electrons. The highest BCUT2D eigenvalue weighted by molar-refractivity contribution is 6.67. The minimum Gasteiger partial charge on any atom is -0.328 e. The summed E-state index contributed by atoms with van der Waals surface area (Å²) in [7, 11) is 3.09. The standard InChI is InChI=1S/C14H19Cl5N2O2/c1-7(11(15)16)5-9-12(22)21(4)10(13(23)20(9)3)6-8(2)14(17,18)19/h6-9,11H,5H2,1-4H3/b10-6+/t7-,8+,9-/m0/s1. The Bertz CT molecular complexity index is 504. The van der Waals surface area contributed by atoms with Crippen LogP contribution in [0.25, 0.3) is 0 Å². The van der Waals surface area contributed by atoms with Crippen LogP contribution in [0.1, 0.15) is 20.3 Å². The lowest BCUT2D eigenvalue weighted by atomic mass is 9.97. The lowest BCUT2D eigenvalue weighted by molar-refractivity contribution is -0.149. The number of hydrogen-bond acceptors (Lipinski definition) is 2. The zero-order valence-corrected chi connectivity index (χ0v) is 17.0. The second-order valence-electron chi connectivity index (χ2n) is 5.76. The second kappa shape index (κ2) is 8.01. The normalized spacial score (nSPS) is 24.6. The third kappa shape index (κ3) is 5.05. The van der Waals surface area contributed by atoms with Gasteiger partial charge < -0.3 is 9.80 Å². The predicted molar refractivity (Wildman–Crippen MR) is 96.1 cm³/mol. The summed E-state index contributed by atoms with van der Waals surface area (Å²) < 4.78 is -1.56. The topological polar surface area (TPSA) is 40.6 Å². The molecule has 0 aromatic carbocycles. The molecular weight excluding hydrogens is 405 g/mol. The number of rotatable bonds is 4. The van der Waals surface area contributed by atoms with E-state index in [1.165, 1.54) is 22.9 Å². The number of carbonyl (C=O) groups excluding carboxylic acids is 2. The Hall–Kier alpha value is 0.130. The first-order valence-corrected chi connectivity index (χ1v) is 9.00. The Balaban J connectivity index is 3.07. The molecule has 2 amide bonds. The van der Waals surface area contributed by atoms with Crippen molar-refractivity contribution < 1.29 is 9.59 Å². The number of amides is 2. The van der Waals surface area contributed by atoms with Gasteiger partial charge in [-0.15, -0.1) is 23.2 Å². The van der Waals surface area contributed by atoms with Crippen molar-refractivity contribution in [2.75, 3.05) is 14.1 Å². The minimum absolute atomic E-state index is 0.137. The number of allylic oxidation sites excluding steroid dienone is 1. The third-order valence-corrected chi connectivity index (χ3v) is 5.83. The highest BCUT2D eigenvalue weighted by Crippen LogP contribution is 2.37. The smallest absolute Gasteiger partial charge is 0.270 e. The molecule has 9 heteroatoms. The zero-order valence-electron chi connectivity index (χ0n) is 13.2. The fourth-order valence-corrected chi connectivity index (χ4v) is 2.60. The molecule has 0 saturated carbocycles. The van der Waals surface area contributed by atoms with E-state index in [0.717, 1.165) is 0 Å². The Morgan fingerprint density at radius 3 is 2.13 bits per heavy atom. The van der Waals surface area contributed by atoms with Crippen molar-refractivity contribution in [3.05, 3.63) is 11.8 Å². The van der Waals surface area contributed by atoms with Crippen LogP contribution in [-0.4, -0.2) is 50.4 Å². The van der Waals surface area contributed by atoms with E-state index in [2.05, 4.69) is 0 Å². The summed E-state index contributed by atoms with van der Waals surface area (Å²) >= 11 is 29.2. The van der Waals surface area contributed by atoms with Crippen LogP contribution in [0.2, 0.25) is 0 Å². The number of carbonyl (C=O) groups is 2. The Morgan fingerprint density at radius 1 is 1.17 bits per heavy atom. The van der Waals surface area contributed by atoms with E-state index in [1.54, 1.807) is 14.0 Å². The molecule has 1 aliphatic rings. The van der Waals surface area contributed by atoms with Crippen molar-refractivity contribution >= 4 is 69.8 Å². The number of likely N-dealkylation sites (N-methyl/N-ethyl adjacent to an activating group) is 2. The Kier molecular flexibility index (Phi) is 7.37. The van der Waals surface area contributed by atoms with Gasteiger partial charge in [-0.25, -0.2) is 0 Å². The van der Waals surface area contributed by atoms with Crippen molar-refractivity contribution in [2.45, 2.75) is 34.9 Å². The number of nitrogens with zero attached hydrogens (tertiary/aromatic N) is 2. The predicted octanol–water partition coefficient (Wildman–Crippen LogP) is 4.01. The fourth-order valence-electron chi connectivity index (χ4n) is 2.20. The molecular formula is C14H19Cl5N2O2. The summed E-state index contributed by atoms with van der Waals surface area (Å²) in [5, 5.41) is 0. The van der Waals surface area contributed by atoms with Crippen molar-refractivity contribution in [1.82, 2.24) is 9.80 Å². The molecule has 1 heterocycles. The molecule has 0 spiro atoms. The minimum atomic E-state index is -1.56. The summed E-state index contributed by atoms with van der Waals surface area (Å²) in [6, 6.07) is -0.622. The molecule has 1 rings (SSSR count). The molecule has 1 fully saturated rings. The highest BCUT2D eigenvalue weighted by Gasteiger charge is 2.41. The van der Waals surface area contributed by atoms with E-state index in [9.17, 15) is 9.59 Å². The SMILES string of the molecule is C[C@H](/C=C1\C(=O)N(C)[C@@H](C[C@H](C)C(Cl)Cl)C(=O)N1C)C(Cl)(Cl)Cl. The van der Waals surface area contributed by atoms with E-state index in [-0.39, 0.29) is 23.4 Å². The Labute approximate surface area is 161 Å². The molecule has 0 bridgehead atoms. The highest BCUT2D eigenvalue weighted by atomic mass is 35.6. The van der Waals surface area contributed by atoms with Crippen LogP contribution in [0.3, 0.4) is 0 Å². The zero-order chi connectivity index (χ0) is 18.1. The summed E-state index contributed by atoms with van der Waals surface area (Å²) in [5.41, 5.74) is 0.188. The summed E-state index contributed by atoms with van der Waals surface area (Å²) in [4.78, 5) is 27.2. The van der Waals surface area contributed by atoms with E-state index < -0.39 is 20.6 Å². The first kappa shape index (κ1) is 21.2. The molecule has 0 aromatic rings. The average Bonchev–Trinajstić information content (AvgIpc) is 2.44.